The van der Waals surface area contributed by atoms with Gasteiger partial charge in [0.25, 0.3) is 5.69 Å². The highest BCUT2D eigenvalue weighted by Gasteiger charge is 2.21. The predicted octanol–water partition coefficient (Wildman–Crippen LogP) is 2.11. The molecule has 0 saturated heterocycles. The Morgan fingerprint density at radius 3 is 2.78 bits per heavy atom. The van der Waals surface area contributed by atoms with Crippen LogP contribution in [0.15, 0.2) is 36.4 Å². The summed E-state index contributed by atoms with van der Waals surface area (Å²) in [7, 11) is 0. The summed E-state index contributed by atoms with van der Waals surface area (Å²) in [6.07, 6.45) is 0. The van der Waals surface area contributed by atoms with Crippen LogP contribution in [0.2, 0.25) is 0 Å². The molecule has 8 nitrogen and oxygen atoms in total. The first-order chi connectivity index (χ1) is 11.0. The van der Waals surface area contributed by atoms with Crippen LogP contribution in [0.3, 0.4) is 0 Å². The van der Waals surface area contributed by atoms with Crippen molar-refractivity contribution in [2.24, 2.45) is 0 Å². The van der Waals surface area contributed by atoms with E-state index in [9.17, 15) is 20.1 Å². The number of esters is 1. The molecule has 0 bridgehead atoms. The van der Waals surface area contributed by atoms with Crippen molar-refractivity contribution in [2.45, 2.75) is 6.92 Å². The van der Waals surface area contributed by atoms with Crippen molar-refractivity contribution >= 4 is 33.7 Å². The average Bonchev–Trinajstić information content (AvgIpc) is 2.54. The van der Waals surface area contributed by atoms with Gasteiger partial charge in [0, 0.05) is 12.1 Å². The number of carbonyl (C=O) groups is 1. The van der Waals surface area contributed by atoms with Gasteiger partial charge < -0.3 is 9.94 Å². The fraction of sp³-hybridized carbons (Fsp3) is 0.133. The second-order valence-electron chi connectivity index (χ2n) is 4.73. The molecule has 0 unspecified atom stereocenters. The zero-order valence-corrected chi connectivity index (χ0v) is 12.1. The van der Waals surface area contributed by atoms with Gasteiger partial charge in [0.05, 0.1) is 23.2 Å². The first-order valence-corrected chi connectivity index (χ1v) is 6.80. The number of aromatic nitrogens is 2. The van der Waals surface area contributed by atoms with Crippen molar-refractivity contribution in [2.75, 3.05) is 6.61 Å². The van der Waals surface area contributed by atoms with E-state index in [4.69, 9.17) is 4.74 Å². The lowest BCUT2D eigenvalue weighted by Crippen LogP contribution is -2.29. The summed E-state index contributed by atoms with van der Waals surface area (Å²) in [5, 5.41) is 23.3. The third-order valence-corrected chi connectivity index (χ3v) is 3.35. The van der Waals surface area contributed by atoms with Crippen molar-refractivity contribution < 1.29 is 19.2 Å². The summed E-state index contributed by atoms with van der Waals surface area (Å²) >= 11 is 0. The van der Waals surface area contributed by atoms with E-state index in [0.29, 0.717) is 4.73 Å². The van der Waals surface area contributed by atoms with Gasteiger partial charge in [0.1, 0.15) is 5.52 Å². The smallest absolute Gasteiger partial charge is 0.340 e. The molecule has 3 aromatic rings. The van der Waals surface area contributed by atoms with E-state index >= 15 is 0 Å². The van der Waals surface area contributed by atoms with Crippen LogP contribution < -0.4 is 4.73 Å². The summed E-state index contributed by atoms with van der Waals surface area (Å²) < 4.78 is 5.49. The van der Waals surface area contributed by atoms with Gasteiger partial charge in [-0.25, -0.2) is 9.78 Å². The Bertz CT molecular complexity index is 955. The highest BCUT2D eigenvalue weighted by Crippen LogP contribution is 2.22. The van der Waals surface area contributed by atoms with Crippen LogP contribution in [-0.2, 0) is 4.74 Å². The summed E-state index contributed by atoms with van der Waals surface area (Å²) in [6.45, 7) is 1.88. The summed E-state index contributed by atoms with van der Waals surface area (Å²) in [6, 6.07) is 8.35. The van der Waals surface area contributed by atoms with Crippen molar-refractivity contribution in [3.8, 4) is 0 Å². The molecule has 2 aromatic carbocycles. The first kappa shape index (κ1) is 14.6. The fourth-order valence-corrected chi connectivity index (χ4v) is 2.32. The molecule has 1 heterocycles. The topological polar surface area (TPSA) is 109 Å². The average molecular weight is 313 g/mol. The lowest BCUT2D eigenvalue weighted by molar-refractivity contribution is -0.548. The van der Waals surface area contributed by atoms with Crippen molar-refractivity contribution in [1.82, 2.24) is 4.98 Å². The monoisotopic (exact) mass is 313 g/mol. The quantitative estimate of drug-likeness (QED) is 0.183. The minimum absolute atomic E-state index is 0.0627. The van der Waals surface area contributed by atoms with Crippen LogP contribution in [0, 0.1) is 15.3 Å². The molecule has 116 valence electrons. The lowest BCUT2D eigenvalue weighted by atomic mass is 10.1. The van der Waals surface area contributed by atoms with Gasteiger partial charge in [-0.3, -0.25) is 10.1 Å². The summed E-state index contributed by atoms with van der Waals surface area (Å²) in [4.78, 5) is 26.5. The molecule has 0 N–H and O–H groups in total. The van der Waals surface area contributed by atoms with Crippen molar-refractivity contribution in [3.63, 3.8) is 0 Å². The van der Waals surface area contributed by atoms with E-state index in [-0.39, 0.29) is 39.9 Å². The van der Waals surface area contributed by atoms with Crippen LogP contribution in [0.5, 0.6) is 0 Å². The number of nitro benzene ring substituents is 1. The van der Waals surface area contributed by atoms with E-state index < -0.39 is 10.9 Å². The Hall–Kier alpha value is -3.29. The third kappa shape index (κ3) is 2.39. The maximum atomic E-state index is 12.5. The van der Waals surface area contributed by atoms with Crippen LogP contribution in [0.1, 0.15) is 17.3 Å². The highest BCUT2D eigenvalue weighted by atomic mass is 16.6. The molecular weight excluding hydrogens is 302 g/mol. The number of benzene rings is 2. The largest absolute Gasteiger partial charge is 0.618 e. The van der Waals surface area contributed by atoms with Gasteiger partial charge in [-0.15, -0.1) is 0 Å². The number of nitro groups is 1. The number of non-ortho nitro benzene ring substituents is 1. The Morgan fingerprint density at radius 2 is 2.09 bits per heavy atom. The van der Waals surface area contributed by atoms with Crippen molar-refractivity contribution in [1.29, 1.82) is 0 Å². The van der Waals surface area contributed by atoms with E-state index in [1.165, 1.54) is 30.3 Å². The van der Waals surface area contributed by atoms with Crippen LogP contribution in [-0.4, -0.2) is 22.5 Å². The van der Waals surface area contributed by atoms with Gasteiger partial charge >= 0.3 is 5.97 Å². The van der Waals surface area contributed by atoms with Crippen LogP contribution in [0.4, 0.5) is 5.69 Å². The molecular formula is C15H11N3O5. The fourth-order valence-electron chi connectivity index (χ4n) is 2.32. The molecule has 0 amide bonds. The summed E-state index contributed by atoms with van der Waals surface area (Å²) in [5.41, 5.74) is 0.632. The van der Waals surface area contributed by atoms with E-state index in [1.807, 2.05) is 0 Å². The van der Waals surface area contributed by atoms with Crippen LogP contribution >= 0.6 is 0 Å². The standard InChI is InChI=1S/C15H11N3O5/c1-2-23-15(19)10-4-3-5-12-14(10)16-11-7-6-9(18(21)22)8-13(11)17(12)20/h3-8H,2H2,1H3. The highest BCUT2D eigenvalue weighted by molar-refractivity contribution is 6.02. The number of fused-ring (bicyclic) bond motifs is 2. The predicted molar refractivity (Wildman–Crippen MR) is 80.8 cm³/mol. The minimum Gasteiger partial charge on any atom is -0.618 e. The van der Waals surface area contributed by atoms with Crippen LogP contribution in [0.25, 0.3) is 22.1 Å². The molecule has 0 aliphatic rings. The van der Waals surface area contributed by atoms with Gasteiger partial charge in [-0.05, 0) is 19.1 Å². The molecule has 8 heteroatoms. The number of carbonyl (C=O) groups excluding carboxylic acids is 1. The Balaban J connectivity index is 2.33. The zero-order valence-electron chi connectivity index (χ0n) is 12.1. The number of ether oxygens (including phenoxy) is 1. The van der Waals surface area contributed by atoms with Gasteiger partial charge in [0.15, 0.2) is 5.52 Å². The minimum atomic E-state index is -0.585. The van der Waals surface area contributed by atoms with Gasteiger partial charge in [-0.2, -0.15) is 4.73 Å². The molecule has 0 atom stereocenters. The normalized spacial score (nSPS) is 10.8. The third-order valence-electron chi connectivity index (χ3n) is 3.35. The lowest BCUT2D eigenvalue weighted by Gasteiger charge is -2.08. The molecule has 3 rings (SSSR count). The molecule has 0 radical (unpaired) electrons. The molecule has 1 aromatic heterocycles. The number of rotatable bonds is 3. The Kier molecular flexibility index (Phi) is 3.49. The SMILES string of the molecule is CCOC(=O)c1cccc2c1nc1ccc([N+](=O)[O-])cc1[n+]2[O-]. The maximum absolute atomic E-state index is 12.5. The zero-order chi connectivity index (χ0) is 16.6. The number of para-hydroxylation sites is 1. The van der Waals surface area contributed by atoms with E-state index in [1.54, 1.807) is 6.92 Å². The molecule has 23 heavy (non-hydrogen) atoms. The van der Waals surface area contributed by atoms with Gasteiger partial charge in [0.2, 0.25) is 11.0 Å². The molecule has 0 aliphatic carbocycles. The molecule has 0 saturated carbocycles. The number of nitrogens with zero attached hydrogens (tertiary/aromatic N) is 3. The molecule has 0 fully saturated rings. The Morgan fingerprint density at radius 1 is 1.30 bits per heavy atom. The Labute approximate surface area is 129 Å². The van der Waals surface area contributed by atoms with E-state index in [0.717, 1.165) is 6.07 Å². The number of hydrogen-bond acceptors (Lipinski definition) is 6. The van der Waals surface area contributed by atoms with Gasteiger partial charge in [-0.1, -0.05) is 6.07 Å². The second kappa shape index (κ2) is 5.48. The number of hydrogen-bond donors (Lipinski definition) is 0. The second-order valence-corrected chi connectivity index (χ2v) is 4.73. The first-order valence-electron chi connectivity index (χ1n) is 6.80. The summed E-state index contributed by atoms with van der Waals surface area (Å²) in [5.74, 6) is -0.577. The molecule has 0 spiro atoms. The van der Waals surface area contributed by atoms with Crippen molar-refractivity contribution in [3.05, 3.63) is 57.3 Å². The van der Waals surface area contributed by atoms with E-state index in [2.05, 4.69) is 4.98 Å². The maximum Gasteiger partial charge on any atom is 0.340 e. The molecule has 0 aliphatic heterocycles.